The molecule has 1 fully saturated rings. The minimum Gasteiger partial charge on any atom is -0.307 e. The third-order valence-electron chi connectivity index (χ3n) is 3.76. The first-order valence-electron chi connectivity index (χ1n) is 6.88. The van der Waals surface area contributed by atoms with Crippen LogP contribution in [0.15, 0.2) is 30.3 Å². The highest BCUT2D eigenvalue weighted by molar-refractivity contribution is 5.21. The number of benzene rings is 1. The Labute approximate surface area is 106 Å². The zero-order valence-electron chi connectivity index (χ0n) is 11.4. The first kappa shape index (κ1) is 12.6. The molecule has 1 aromatic rings. The van der Waals surface area contributed by atoms with Gasteiger partial charge in [0.25, 0.3) is 0 Å². The van der Waals surface area contributed by atoms with Gasteiger partial charge in [-0.1, -0.05) is 63.9 Å². The zero-order valence-corrected chi connectivity index (χ0v) is 11.4. The molecule has 1 N–H and O–H groups in total. The largest absolute Gasteiger partial charge is 0.307 e. The molecule has 0 saturated heterocycles. The molecule has 0 bridgehead atoms. The van der Waals surface area contributed by atoms with Crippen LogP contribution >= 0.6 is 0 Å². The lowest BCUT2D eigenvalue weighted by Crippen LogP contribution is -2.38. The lowest BCUT2D eigenvalue weighted by Gasteiger charge is -2.34. The standard InChI is InChI=1S/C16H25N/c1-16(2,3)15(13-9-5-4-6-10-13)17-14-11-7-8-12-14/h4-6,9-10,14-15,17H,7-8,11-12H2,1-3H3. The van der Waals surface area contributed by atoms with Crippen molar-refractivity contribution in [1.29, 1.82) is 0 Å². The normalized spacial score (nSPS) is 19.5. The second kappa shape index (κ2) is 5.22. The maximum Gasteiger partial charge on any atom is 0.0371 e. The van der Waals surface area contributed by atoms with E-state index in [9.17, 15) is 0 Å². The van der Waals surface area contributed by atoms with Crippen molar-refractivity contribution in [3.8, 4) is 0 Å². The summed E-state index contributed by atoms with van der Waals surface area (Å²) in [5.41, 5.74) is 1.69. The van der Waals surface area contributed by atoms with Crippen molar-refractivity contribution in [3.05, 3.63) is 35.9 Å². The monoisotopic (exact) mass is 231 g/mol. The average Bonchev–Trinajstić information content (AvgIpc) is 2.78. The van der Waals surface area contributed by atoms with Gasteiger partial charge in [0, 0.05) is 12.1 Å². The van der Waals surface area contributed by atoms with Gasteiger partial charge in [0.1, 0.15) is 0 Å². The summed E-state index contributed by atoms with van der Waals surface area (Å²) in [6, 6.07) is 12.1. The Kier molecular flexibility index (Phi) is 3.88. The van der Waals surface area contributed by atoms with Crippen molar-refractivity contribution in [2.24, 2.45) is 5.41 Å². The Bertz CT molecular complexity index is 330. The smallest absolute Gasteiger partial charge is 0.0371 e. The number of hydrogen-bond acceptors (Lipinski definition) is 1. The van der Waals surface area contributed by atoms with E-state index in [0.717, 1.165) is 6.04 Å². The molecule has 0 heterocycles. The van der Waals surface area contributed by atoms with Crippen molar-refractivity contribution in [1.82, 2.24) is 5.32 Å². The molecule has 1 aromatic carbocycles. The third-order valence-corrected chi connectivity index (χ3v) is 3.76. The van der Waals surface area contributed by atoms with Gasteiger partial charge in [-0.15, -0.1) is 0 Å². The summed E-state index contributed by atoms with van der Waals surface area (Å²) in [6.07, 6.45) is 5.48. The molecule has 1 saturated carbocycles. The van der Waals surface area contributed by atoms with Crippen molar-refractivity contribution in [2.45, 2.75) is 58.5 Å². The van der Waals surface area contributed by atoms with E-state index >= 15 is 0 Å². The lowest BCUT2D eigenvalue weighted by atomic mass is 9.82. The molecule has 0 spiro atoms. The molecule has 1 aliphatic rings. The quantitative estimate of drug-likeness (QED) is 0.817. The van der Waals surface area contributed by atoms with Crippen LogP contribution in [0, 0.1) is 5.41 Å². The van der Waals surface area contributed by atoms with Crippen LogP contribution in [0.5, 0.6) is 0 Å². The van der Waals surface area contributed by atoms with Gasteiger partial charge < -0.3 is 5.32 Å². The Morgan fingerprint density at radius 2 is 1.65 bits per heavy atom. The van der Waals surface area contributed by atoms with Gasteiger partial charge in [0.2, 0.25) is 0 Å². The van der Waals surface area contributed by atoms with E-state index in [-0.39, 0.29) is 5.41 Å². The summed E-state index contributed by atoms with van der Waals surface area (Å²) >= 11 is 0. The fraction of sp³-hybridized carbons (Fsp3) is 0.625. The third kappa shape index (κ3) is 3.32. The van der Waals surface area contributed by atoms with E-state index in [2.05, 4.69) is 56.4 Å². The average molecular weight is 231 g/mol. The predicted octanol–water partition coefficient (Wildman–Crippen LogP) is 4.31. The van der Waals surface area contributed by atoms with Crippen molar-refractivity contribution < 1.29 is 0 Å². The van der Waals surface area contributed by atoms with Gasteiger partial charge in [0.15, 0.2) is 0 Å². The number of nitrogens with one attached hydrogen (secondary N) is 1. The fourth-order valence-corrected chi connectivity index (χ4v) is 2.82. The van der Waals surface area contributed by atoms with Crippen molar-refractivity contribution in [3.63, 3.8) is 0 Å². The Morgan fingerprint density at radius 1 is 1.06 bits per heavy atom. The van der Waals surface area contributed by atoms with Crippen LogP contribution in [0.25, 0.3) is 0 Å². The first-order valence-corrected chi connectivity index (χ1v) is 6.88. The lowest BCUT2D eigenvalue weighted by molar-refractivity contribution is 0.249. The summed E-state index contributed by atoms with van der Waals surface area (Å²) in [5.74, 6) is 0. The van der Waals surface area contributed by atoms with Crippen LogP contribution in [-0.4, -0.2) is 6.04 Å². The molecule has 0 radical (unpaired) electrons. The highest BCUT2D eigenvalue weighted by atomic mass is 15.0. The zero-order chi connectivity index (χ0) is 12.3. The van der Waals surface area contributed by atoms with Crippen LogP contribution in [0.4, 0.5) is 0 Å². The molecule has 1 heteroatoms. The van der Waals surface area contributed by atoms with Crippen molar-refractivity contribution >= 4 is 0 Å². The van der Waals surface area contributed by atoms with Crippen LogP contribution in [0.3, 0.4) is 0 Å². The van der Waals surface area contributed by atoms with Crippen LogP contribution < -0.4 is 5.32 Å². The summed E-state index contributed by atoms with van der Waals surface area (Å²) in [4.78, 5) is 0. The number of hydrogen-bond donors (Lipinski definition) is 1. The predicted molar refractivity (Wildman–Crippen MR) is 74.0 cm³/mol. The van der Waals surface area contributed by atoms with E-state index in [1.165, 1.54) is 31.2 Å². The summed E-state index contributed by atoms with van der Waals surface area (Å²) < 4.78 is 0. The van der Waals surface area contributed by atoms with Crippen molar-refractivity contribution in [2.75, 3.05) is 0 Å². The Hall–Kier alpha value is -0.820. The maximum atomic E-state index is 3.87. The van der Waals surface area contributed by atoms with E-state index in [0.29, 0.717) is 6.04 Å². The topological polar surface area (TPSA) is 12.0 Å². The van der Waals surface area contributed by atoms with Crippen LogP contribution in [-0.2, 0) is 0 Å². The highest BCUT2D eigenvalue weighted by Gasteiger charge is 2.29. The molecule has 94 valence electrons. The van der Waals surface area contributed by atoms with Gasteiger partial charge in [-0.05, 0) is 23.8 Å². The summed E-state index contributed by atoms with van der Waals surface area (Å²) in [5, 5.41) is 3.87. The highest BCUT2D eigenvalue weighted by Crippen LogP contribution is 2.34. The number of rotatable bonds is 3. The Balaban J connectivity index is 2.14. The molecule has 0 amide bonds. The van der Waals surface area contributed by atoms with E-state index < -0.39 is 0 Å². The Morgan fingerprint density at radius 3 is 2.18 bits per heavy atom. The molecular formula is C16H25N. The summed E-state index contributed by atoms with van der Waals surface area (Å²) in [6.45, 7) is 6.98. The van der Waals surface area contributed by atoms with Gasteiger partial charge in [-0.25, -0.2) is 0 Å². The van der Waals surface area contributed by atoms with Crippen LogP contribution in [0.1, 0.15) is 58.1 Å². The molecule has 1 atom stereocenters. The molecule has 1 aliphatic carbocycles. The van der Waals surface area contributed by atoms with Gasteiger partial charge in [0.05, 0.1) is 0 Å². The second-order valence-electron chi connectivity index (χ2n) is 6.36. The second-order valence-corrected chi connectivity index (χ2v) is 6.36. The van der Waals surface area contributed by atoms with Gasteiger partial charge >= 0.3 is 0 Å². The maximum absolute atomic E-state index is 3.87. The van der Waals surface area contributed by atoms with E-state index in [4.69, 9.17) is 0 Å². The summed E-state index contributed by atoms with van der Waals surface area (Å²) in [7, 11) is 0. The molecule has 17 heavy (non-hydrogen) atoms. The molecule has 2 rings (SSSR count). The minimum atomic E-state index is 0.268. The first-order chi connectivity index (χ1) is 8.07. The molecule has 1 nitrogen and oxygen atoms in total. The molecule has 0 aliphatic heterocycles. The molecular weight excluding hydrogens is 206 g/mol. The SMILES string of the molecule is CC(C)(C)C(NC1CCCC1)c1ccccc1. The minimum absolute atomic E-state index is 0.268. The molecule has 1 unspecified atom stereocenters. The van der Waals surface area contributed by atoms with E-state index in [1.807, 2.05) is 0 Å². The van der Waals surface area contributed by atoms with Crippen LogP contribution in [0.2, 0.25) is 0 Å². The van der Waals surface area contributed by atoms with Gasteiger partial charge in [-0.2, -0.15) is 0 Å². The molecule has 0 aromatic heterocycles. The fourth-order valence-electron chi connectivity index (χ4n) is 2.82. The van der Waals surface area contributed by atoms with Gasteiger partial charge in [-0.3, -0.25) is 0 Å². The van der Waals surface area contributed by atoms with E-state index in [1.54, 1.807) is 0 Å².